The maximum absolute atomic E-state index is 12.3. The normalized spacial score (nSPS) is 12.4. The molecule has 1 heterocycles. The molecule has 0 unspecified atom stereocenters. The van der Waals surface area contributed by atoms with Crippen LogP contribution in [0.4, 0.5) is 23.7 Å². The maximum Gasteiger partial charge on any atom is 0.573 e. The fraction of sp³-hybridized carbons (Fsp3) is 0.476. The molecule has 0 radical (unpaired) electrons. The summed E-state index contributed by atoms with van der Waals surface area (Å²) in [4.78, 5) is 29.0. The lowest BCUT2D eigenvalue weighted by Gasteiger charge is -2.19. The second kappa shape index (κ2) is 11.2. The minimum atomic E-state index is -4.78. The minimum absolute atomic E-state index is 0.196. The summed E-state index contributed by atoms with van der Waals surface area (Å²) in [5, 5.41) is 4.24. The molecular weight excluding hydrogens is 463 g/mol. The van der Waals surface area contributed by atoms with Gasteiger partial charge in [0.15, 0.2) is 4.80 Å². The molecular formula is C21H26F3N3O5S. The van der Waals surface area contributed by atoms with Crippen LogP contribution >= 0.6 is 11.3 Å². The van der Waals surface area contributed by atoms with Gasteiger partial charge in [0, 0.05) is 18.5 Å². The second-order valence-corrected chi connectivity index (χ2v) is 8.55. The van der Waals surface area contributed by atoms with Crippen LogP contribution in [0.15, 0.2) is 34.6 Å². The molecule has 0 atom stereocenters. The summed E-state index contributed by atoms with van der Waals surface area (Å²) in [5.74, 6) is -0.884. The number of alkyl halides is 3. The number of carbonyl (C=O) groups is 2. The summed E-state index contributed by atoms with van der Waals surface area (Å²) < 4.78 is 52.8. The molecule has 0 saturated carbocycles. The average Bonchev–Trinajstić information content (AvgIpc) is 3.07. The molecule has 182 valence electrons. The monoisotopic (exact) mass is 489 g/mol. The molecule has 12 heteroatoms. The zero-order valence-corrected chi connectivity index (χ0v) is 19.5. The molecule has 0 aliphatic rings. The number of thiazole rings is 1. The van der Waals surface area contributed by atoms with Crippen molar-refractivity contribution < 1.29 is 37.0 Å². The van der Waals surface area contributed by atoms with Crippen molar-refractivity contribution in [3.63, 3.8) is 0 Å². The third kappa shape index (κ3) is 9.16. The number of aromatic nitrogens is 1. The van der Waals surface area contributed by atoms with E-state index in [2.05, 4.69) is 15.0 Å². The molecule has 0 saturated heterocycles. The molecule has 2 aromatic rings. The zero-order valence-electron chi connectivity index (χ0n) is 18.7. The Morgan fingerprint density at radius 1 is 1.15 bits per heavy atom. The standard InChI is InChI=1S/C21H26F3N3O5S/c1-5-30-17(28)16-13-33-18(26-14-7-9-15(10-8-14)31-21(22,23)24)27(16)12-6-11-25-19(29)32-20(2,3)4/h7-10,13H,5-6,11-12H2,1-4H3,(H,25,29). The van der Waals surface area contributed by atoms with Gasteiger partial charge in [0.1, 0.15) is 17.0 Å². The van der Waals surface area contributed by atoms with Crippen LogP contribution in [0.25, 0.3) is 0 Å². The van der Waals surface area contributed by atoms with Crippen molar-refractivity contribution in [3.8, 4) is 5.75 Å². The number of carbonyl (C=O) groups excluding carboxylic acids is 2. The number of nitrogens with zero attached hydrogens (tertiary/aromatic N) is 2. The molecule has 0 fully saturated rings. The quantitative estimate of drug-likeness (QED) is 0.426. The van der Waals surface area contributed by atoms with Crippen molar-refractivity contribution in [2.45, 2.75) is 52.6 Å². The SMILES string of the molecule is CCOC(=O)c1csc(=Nc2ccc(OC(F)(F)F)cc2)n1CCCNC(=O)OC(C)(C)C. The molecule has 1 aromatic carbocycles. The van der Waals surface area contributed by atoms with Crippen molar-refractivity contribution in [2.75, 3.05) is 13.2 Å². The van der Waals surface area contributed by atoms with Crippen LogP contribution in [0.1, 0.15) is 44.6 Å². The van der Waals surface area contributed by atoms with Crippen LogP contribution in [-0.4, -0.2) is 41.7 Å². The summed E-state index contributed by atoms with van der Waals surface area (Å²) in [5.41, 5.74) is 0.0491. The largest absolute Gasteiger partial charge is 0.573 e. The number of alkyl carbamates (subject to hydrolysis) is 1. The van der Waals surface area contributed by atoms with Crippen LogP contribution in [-0.2, 0) is 16.0 Å². The molecule has 0 aliphatic heterocycles. The number of hydrogen-bond donors (Lipinski definition) is 1. The van der Waals surface area contributed by atoms with E-state index in [1.54, 1.807) is 37.6 Å². The van der Waals surface area contributed by atoms with Crippen molar-refractivity contribution >= 4 is 29.1 Å². The van der Waals surface area contributed by atoms with E-state index in [1.807, 2.05) is 0 Å². The Labute approximate surface area is 193 Å². The molecule has 1 aromatic heterocycles. The van der Waals surface area contributed by atoms with Gasteiger partial charge >= 0.3 is 18.4 Å². The first kappa shape index (κ1) is 26.2. The highest BCUT2D eigenvalue weighted by Gasteiger charge is 2.31. The number of esters is 1. The van der Waals surface area contributed by atoms with Crippen LogP contribution in [0.5, 0.6) is 5.75 Å². The van der Waals surface area contributed by atoms with Crippen molar-refractivity contribution in [1.29, 1.82) is 0 Å². The fourth-order valence-electron chi connectivity index (χ4n) is 2.58. The number of ether oxygens (including phenoxy) is 3. The highest BCUT2D eigenvalue weighted by atomic mass is 32.1. The van der Waals surface area contributed by atoms with Crippen molar-refractivity contribution in [1.82, 2.24) is 9.88 Å². The lowest BCUT2D eigenvalue weighted by Crippen LogP contribution is -2.33. The van der Waals surface area contributed by atoms with Crippen LogP contribution in [0.3, 0.4) is 0 Å². The summed E-state index contributed by atoms with van der Waals surface area (Å²) in [6.45, 7) is 7.79. The van der Waals surface area contributed by atoms with Gasteiger partial charge in [-0.1, -0.05) is 0 Å². The predicted molar refractivity (Wildman–Crippen MR) is 115 cm³/mol. The van der Waals surface area contributed by atoms with Gasteiger partial charge in [0.25, 0.3) is 0 Å². The number of rotatable bonds is 8. The van der Waals surface area contributed by atoms with E-state index >= 15 is 0 Å². The highest BCUT2D eigenvalue weighted by Crippen LogP contribution is 2.24. The lowest BCUT2D eigenvalue weighted by molar-refractivity contribution is -0.274. The van der Waals surface area contributed by atoms with Gasteiger partial charge in [-0.05, 0) is 58.4 Å². The van der Waals surface area contributed by atoms with Gasteiger partial charge in [-0.15, -0.1) is 24.5 Å². The first-order valence-corrected chi connectivity index (χ1v) is 11.0. The predicted octanol–water partition coefficient (Wildman–Crippen LogP) is 4.77. The Kier molecular flexibility index (Phi) is 8.91. The van der Waals surface area contributed by atoms with Gasteiger partial charge in [-0.25, -0.2) is 14.6 Å². The number of benzene rings is 1. The van der Waals surface area contributed by atoms with Gasteiger partial charge in [0.05, 0.1) is 12.3 Å². The van der Waals surface area contributed by atoms with Gasteiger partial charge < -0.3 is 24.1 Å². The van der Waals surface area contributed by atoms with Gasteiger partial charge in [-0.2, -0.15) is 0 Å². The van der Waals surface area contributed by atoms with E-state index in [9.17, 15) is 22.8 Å². The summed E-state index contributed by atoms with van der Waals surface area (Å²) in [7, 11) is 0. The fourth-order valence-corrected chi connectivity index (χ4v) is 3.50. The Morgan fingerprint density at radius 2 is 1.82 bits per heavy atom. The molecule has 1 N–H and O–H groups in total. The Bertz CT molecular complexity index is 1010. The Balaban J connectivity index is 2.18. The molecule has 33 heavy (non-hydrogen) atoms. The van der Waals surface area contributed by atoms with E-state index in [1.165, 1.54) is 23.5 Å². The van der Waals surface area contributed by atoms with Crippen molar-refractivity contribution in [3.05, 3.63) is 40.1 Å². The van der Waals surface area contributed by atoms with Gasteiger partial charge in [0.2, 0.25) is 0 Å². The molecule has 0 aliphatic carbocycles. The van der Waals surface area contributed by atoms with Crippen LogP contribution in [0.2, 0.25) is 0 Å². The van der Waals surface area contributed by atoms with E-state index in [0.29, 0.717) is 30.0 Å². The maximum atomic E-state index is 12.3. The lowest BCUT2D eigenvalue weighted by atomic mass is 10.2. The first-order valence-electron chi connectivity index (χ1n) is 10.1. The molecule has 1 amide bonds. The number of hydrogen-bond acceptors (Lipinski definition) is 7. The van der Waals surface area contributed by atoms with E-state index in [4.69, 9.17) is 9.47 Å². The Hall–Kier alpha value is -3.02. The third-order valence-corrected chi connectivity index (χ3v) is 4.67. The number of halogens is 3. The number of nitrogens with one attached hydrogen (secondary N) is 1. The average molecular weight is 490 g/mol. The van der Waals surface area contributed by atoms with Crippen LogP contribution < -0.4 is 14.9 Å². The van der Waals surface area contributed by atoms with E-state index in [-0.39, 0.29) is 18.1 Å². The summed E-state index contributed by atoms with van der Waals surface area (Å²) in [6, 6.07) is 5.06. The second-order valence-electron chi connectivity index (χ2n) is 7.71. The number of amides is 1. The van der Waals surface area contributed by atoms with Crippen molar-refractivity contribution in [2.24, 2.45) is 4.99 Å². The molecule has 0 bridgehead atoms. The topological polar surface area (TPSA) is 91.1 Å². The summed E-state index contributed by atoms with van der Waals surface area (Å²) in [6.07, 6.45) is -4.86. The first-order chi connectivity index (χ1) is 15.4. The Morgan fingerprint density at radius 3 is 2.39 bits per heavy atom. The highest BCUT2D eigenvalue weighted by molar-refractivity contribution is 7.07. The summed E-state index contributed by atoms with van der Waals surface area (Å²) >= 11 is 1.18. The van der Waals surface area contributed by atoms with E-state index < -0.39 is 24.0 Å². The molecule has 0 spiro atoms. The molecule has 2 rings (SSSR count). The minimum Gasteiger partial charge on any atom is -0.461 e. The van der Waals surface area contributed by atoms with Gasteiger partial charge in [-0.3, -0.25) is 0 Å². The third-order valence-electron chi connectivity index (χ3n) is 3.80. The molecule has 8 nitrogen and oxygen atoms in total. The smallest absolute Gasteiger partial charge is 0.461 e. The van der Waals surface area contributed by atoms with Crippen LogP contribution in [0, 0.1) is 0 Å². The van der Waals surface area contributed by atoms with E-state index in [0.717, 1.165) is 12.1 Å². The zero-order chi connectivity index (χ0) is 24.6.